The van der Waals surface area contributed by atoms with Crippen molar-refractivity contribution in [3.8, 4) is 5.75 Å². The number of aryl methyl sites for hydroxylation is 1. The molecule has 202 valence electrons. The molecule has 0 aromatic heterocycles. The van der Waals surface area contributed by atoms with Crippen molar-refractivity contribution in [1.29, 1.82) is 0 Å². The number of unbranched alkanes of at least 4 members (excludes halogenated alkanes) is 2. The number of alkyl carbamates (subject to hydrolysis) is 1. The lowest BCUT2D eigenvalue weighted by molar-refractivity contribution is -0.180. The van der Waals surface area contributed by atoms with Crippen molar-refractivity contribution in [2.24, 2.45) is 0 Å². The fourth-order valence-electron chi connectivity index (χ4n) is 4.59. The molecule has 7 heteroatoms. The number of nitrogens with one attached hydrogen (secondary N) is 1. The van der Waals surface area contributed by atoms with Crippen molar-refractivity contribution in [2.45, 2.75) is 77.5 Å². The molecule has 1 saturated heterocycles. The first-order valence-electron chi connectivity index (χ1n) is 13.2. The van der Waals surface area contributed by atoms with E-state index in [0.29, 0.717) is 19.7 Å². The van der Waals surface area contributed by atoms with Gasteiger partial charge in [-0.1, -0.05) is 56.2 Å². The van der Waals surface area contributed by atoms with Gasteiger partial charge in [0.15, 0.2) is 6.10 Å². The molecule has 1 aliphatic heterocycles. The molecule has 1 N–H and O–H groups in total. The smallest absolute Gasteiger partial charge is 0.408 e. The van der Waals surface area contributed by atoms with Crippen molar-refractivity contribution >= 4 is 12.0 Å². The Balaban J connectivity index is 1.78. The molecule has 0 spiro atoms. The summed E-state index contributed by atoms with van der Waals surface area (Å²) in [6, 6.07) is 15.6. The van der Waals surface area contributed by atoms with Gasteiger partial charge in [-0.05, 0) is 62.9 Å². The molecular weight excluding hydrogens is 468 g/mol. The summed E-state index contributed by atoms with van der Waals surface area (Å²) in [6.45, 7) is 11.3. The van der Waals surface area contributed by atoms with Crippen LogP contribution >= 0.6 is 0 Å². The monoisotopic (exact) mass is 510 g/mol. The Labute approximate surface area is 221 Å². The number of carbonyl (C=O) groups excluding carboxylic acids is 2. The molecule has 2 amide bonds. The zero-order valence-corrected chi connectivity index (χ0v) is 23.1. The van der Waals surface area contributed by atoms with Crippen LogP contribution in [0.15, 0.2) is 48.5 Å². The van der Waals surface area contributed by atoms with Crippen LogP contribution in [-0.4, -0.2) is 55.3 Å². The predicted octanol–water partition coefficient (Wildman–Crippen LogP) is 5.38. The van der Waals surface area contributed by atoms with Crippen molar-refractivity contribution in [3.05, 3.63) is 65.2 Å². The number of rotatable bonds is 11. The molecule has 1 unspecified atom stereocenters. The number of carbonyl (C=O) groups is 2. The number of likely N-dealkylation sites (tertiary alicyclic amines) is 1. The summed E-state index contributed by atoms with van der Waals surface area (Å²) in [5.74, 6) is 0.505. The normalized spacial score (nSPS) is 15.5. The summed E-state index contributed by atoms with van der Waals surface area (Å²) < 4.78 is 17.4. The highest BCUT2D eigenvalue weighted by atomic mass is 16.6. The third-order valence-electron chi connectivity index (χ3n) is 6.55. The van der Waals surface area contributed by atoms with Crippen LogP contribution in [0.4, 0.5) is 4.79 Å². The summed E-state index contributed by atoms with van der Waals surface area (Å²) in [6.07, 6.45) is 1.91. The average Bonchev–Trinajstić information content (AvgIpc) is 2.82. The highest BCUT2D eigenvalue weighted by molar-refractivity contribution is 5.85. The van der Waals surface area contributed by atoms with Gasteiger partial charge in [0.2, 0.25) is 0 Å². The second kappa shape index (κ2) is 12.5. The van der Waals surface area contributed by atoms with Crippen molar-refractivity contribution < 1.29 is 23.8 Å². The van der Waals surface area contributed by atoms with Gasteiger partial charge in [-0.15, -0.1) is 0 Å². The third-order valence-corrected chi connectivity index (χ3v) is 6.55. The molecule has 37 heavy (non-hydrogen) atoms. The standard InChI is InChI=1S/C30H42N2O5/c1-7-8-11-18-36-30(25-13-10-9-12-22(25)2)20-32(21-30)27(33)26(37-28(34)31-29(3,4)5)19-23-14-16-24(35-6)17-15-23/h9-10,12-17,26H,7-8,11,18-21H2,1-6H3,(H,31,34). The van der Waals surface area contributed by atoms with Gasteiger partial charge in [-0.3, -0.25) is 4.79 Å². The molecule has 7 nitrogen and oxygen atoms in total. The quantitative estimate of drug-likeness (QED) is 0.411. The van der Waals surface area contributed by atoms with E-state index < -0.39 is 23.3 Å². The SMILES string of the molecule is CCCCCOC1(c2ccccc2C)CN(C(=O)C(Cc2ccc(OC)cc2)OC(=O)NC(C)(C)C)C1. The van der Waals surface area contributed by atoms with Crippen LogP contribution in [0, 0.1) is 6.92 Å². The van der Waals surface area contributed by atoms with E-state index in [1.807, 2.05) is 57.2 Å². The fourth-order valence-corrected chi connectivity index (χ4v) is 4.59. The minimum Gasteiger partial charge on any atom is -0.497 e. The number of hydrogen-bond acceptors (Lipinski definition) is 5. The second-order valence-electron chi connectivity index (χ2n) is 10.9. The van der Waals surface area contributed by atoms with Crippen molar-refractivity contribution in [3.63, 3.8) is 0 Å². The topological polar surface area (TPSA) is 77.1 Å². The summed E-state index contributed by atoms with van der Waals surface area (Å²) in [7, 11) is 1.61. The Morgan fingerprint density at radius 2 is 1.73 bits per heavy atom. The maximum absolute atomic E-state index is 13.7. The number of methoxy groups -OCH3 is 1. The van der Waals surface area contributed by atoms with E-state index in [9.17, 15) is 9.59 Å². The molecule has 0 radical (unpaired) electrons. The van der Waals surface area contributed by atoms with Crippen LogP contribution in [0.25, 0.3) is 0 Å². The van der Waals surface area contributed by atoms with Crippen LogP contribution < -0.4 is 10.1 Å². The van der Waals surface area contributed by atoms with E-state index in [2.05, 4.69) is 31.3 Å². The molecule has 1 fully saturated rings. The maximum atomic E-state index is 13.7. The molecule has 2 aromatic rings. The first kappa shape index (κ1) is 28.5. The number of ether oxygens (including phenoxy) is 3. The minimum absolute atomic E-state index is 0.221. The van der Waals surface area contributed by atoms with E-state index in [1.165, 1.54) is 0 Å². The highest BCUT2D eigenvalue weighted by Gasteiger charge is 2.50. The molecule has 0 bridgehead atoms. The van der Waals surface area contributed by atoms with Gasteiger partial charge >= 0.3 is 6.09 Å². The zero-order chi connectivity index (χ0) is 27.1. The maximum Gasteiger partial charge on any atom is 0.408 e. The second-order valence-corrected chi connectivity index (χ2v) is 10.9. The third kappa shape index (κ3) is 7.71. The van der Waals surface area contributed by atoms with E-state index >= 15 is 0 Å². The Morgan fingerprint density at radius 3 is 2.32 bits per heavy atom. The van der Waals surface area contributed by atoms with Crippen LogP contribution in [0.3, 0.4) is 0 Å². The van der Waals surface area contributed by atoms with Gasteiger partial charge in [0.05, 0.1) is 20.2 Å². The predicted molar refractivity (Wildman–Crippen MR) is 145 cm³/mol. The van der Waals surface area contributed by atoms with Crippen molar-refractivity contribution in [1.82, 2.24) is 10.2 Å². The van der Waals surface area contributed by atoms with Crippen LogP contribution in [0.2, 0.25) is 0 Å². The molecule has 3 rings (SSSR count). The van der Waals surface area contributed by atoms with Crippen molar-refractivity contribution in [2.75, 3.05) is 26.8 Å². The molecule has 1 aliphatic rings. The van der Waals surface area contributed by atoms with E-state index in [1.54, 1.807) is 12.0 Å². The van der Waals surface area contributed by atoms with Gasteiger partial charge in [-0.25, -0.2) is 4.79 Å². The first-order chi connectivity index (χ1) is 17.6. The number of amides is 2. The fraction of sp³-hybridized carbons (Fsp3) is 0.533. The van der Waals surface area contributed by atoms with Crippen LogP contribution in [0.5, 0.6) is 5.75 Å². The molecule has 0 aliphatic carbocycles. The van der Waals surface area contributed by atoms with Gasteiger partial charge in [0.1, 0.15) is 11.4 Å². The summed E-state index contributed by atoms with van der Waals surface area (Å²) in [5.41, 5.74) is 2.10. The molecule has 2 aromatic carbocycles. The lowest BCUT2D eigenvalue weighted by Crippen LogP contribution is -2.65. The molecular formula is C30H42N2O5. The van der Waals surface area contributed by atoms with Gasteiger partial charge in [0, 0.05) is 18.6 Å². The lowest BCUT2D eigenvalue weighted by atomic mass is 9.82. The van der Waals surface area contributed by atoms with Gasteiger partial charge in [-0.2, -0.15) is 0 Å². The molecule has 0 saturated carbocycles. The average molecular weight is 511 g/mol. The Morgan fingerprint density at radius 1 is 1.05 bits per heavy atom. The summed E-state index contributed by atoms with van der Waals surface area (Å²) in [4.78, 5) is 28.1. The number of hydrogen-bond donors (Lipinski definition) is 1. The number of benzene rings is 2. The molecule has 1 heterocycles. The van der Waals surface area contributed by atoms with E-state index in [4.69, 9.17) is 14.2 Å². The Kier molecular flexibility index (Phi) is 9.60. The van der Waals surface area contributed by atoms with E-state index in [-0.39, 0.29) is 12.3 Å². The Hall–Kier alpha value is -3.06. The van der Waals surface area contributed by atoms with Crippen LogP contribution in [0.1, 0.15) is 63.6 Å². The van der Waals surface area contributed by atoms with Gasteiger partial charge in [0.25, 0.3) is 5.91 Å². The zero-order valence-electron chi connectivity index (χ0n) is 23.1. The van der Waals surface area contributed by atoms with E-state index in [0.717, 1.165) is 41.7 Å². The molecule has 1 atom stereocenters. The minimum atomic E-state index is -0.953. The van der Waals surface area contributed by atoms with Crippen LogP contribution in [-0.2, 0) is 26.3 Å². The number of nitrogens with zero attached hydrogens (tertiary/aromatic N) is 1. The summed E-state index contributed by atoms with van der Waals surface area (Å²) in [5, 5.41) is 2.80. The Bertz CT molecular complexity index is 1040. The first-order valence-corrected chi connectivity index (χ1v) is 13.2. The largest absolute Gasteiger partial charge is 0.497 e. The summed E-state index contributed by atoms with van der Waals surface area (Å²) >= 11 is 0. The van der Waals surface area contributed by atoms with Gasteiger partial charge < -0.3 is 24.4 Å². The lowest BCUT2D eigenvalue weighted by Gasteiger charge is -2.51. The highest BCUT2D eigenvalue weighted by Crippen LogP contribution is 2.38.